The normalized spacial score (nSPS) is 15.1. The van der Waals surface area contributed by atoms with Crippen molar-refractivity contribution in [1.29, 1.82) is 0 Å². The van der Waals surface area contributed by atoms with Crippen molar-refractivity contribution in [3.05, 3.63) is 74.0 Å². The summed E-state index contributed by atoms with van der Waals surface area (Å²) in [5, 5.41) is 8.85. The van der Waals surface area contributed by atoms with Crippen LogP contribution in [0.1, 0.15) is 23.5 Å². The number of nitrogens with one attached hydrogen (secondary N) is 4. The Morgan fingerprint density at radius 1 is 1.13 bits per heavy atom. The molecule has 2 amide bonds. The monoisotopic (exact) mass is 457 g/mol. The van der Waals surface area contributed by atoms with Crippen LogP contribution in [0.25, 0.3) is 0 Å². The predicted molar refractivity (Wildman–Crippen MR) is 120 cm³/mol. The van der Waals surface area contributed by atoms with Crippen molar-refractivity contribution in [2.75, 3.05) is 16.0 Å². The van der Waals surface area contributed by atoms with E-state index in [1.807, 2.05) is 31.2 Å². The lowest BCUT2D eigenvalue weighted by Crippen LogP contribution is -2.36. The minimum absolute atomic E-state index is 0.0342. The van der Waals surface area contributed by atoms with Gasteiger partial charge in [0.15, 0.2) is 0 Å². The summed E-state index contributed by atoms with van der Waals surface area (Å²) >= 11 is 12.1. The van der Waals surface area contributed by atoms with Crippen molar-refractivity contribution in [2.24, 2.45) is 0 Å². The molecule has 3 aromatic rings. The number of aromatic nitrogens is 2. The van der Waals surface area contributed by atoms with Crippen LogP contribution in [0, 0.1) is 6.92 Å². The highest BCUT2D eigenvalue weighted by atomic mass is 35.5. The van der Waals surface area contributed by atoms with Crippen molar-refractivity contribution in [3.63, 3.8) is 0 Å². The van der Waals surface area contributed by atoms with Crippen molar-refractivity contribution in [3.8, 4) is 0 Å². The van der Waals surface area contributed by atoms with Crippen LogP contribution < -0.4 is 21.5 Å². The molecule has 0 saturated carbocycles. The molecule has 31 heavy (non-hydrogen) atoms. The molecule has 1 aliphatic rings. The van der Waals surface area contributed by atoms with E-state index in [1.165, 1.54) is 6.07 Å². The quantitative estimate of drug-likeness (QED) is 0.468. The zero-order valence-electron chi connectivity index (χ0n) is 16.3. The standard InChI is InChI=1S/C21H17Cl2N5O3/c1-10-2-5-12(6-3-10)24-21-27-18-17(20(31)28-21)13(9-16(29)26-18)19(30)25-15-8-11(22)4-7-14(15)23/h2-8,13H,9H2,1H3,(H,25,30)(H3,24,26,27,28,29,31)/t13-/m0/s1. The molecule has 0 unspecified atom stereocenters. The smallest absolute Gasteiger partial charge is 0.258 e. The fourth-order valence-corrected chi connectivity index (χ4v) is 3.58. The summed E-state index contributed by atoms with van der Waals surface area (Å²) in [6.07, 6.45) is -0.202. The van der Waals surface area contributed by atoms with E-state index in [-0.39, 0.29) is 34.5 Å². The maximum atomic E-state index is 12.9. The van der Waals surface area contributed by atoms with Crippen LogP contribution in [0.5, 0.6) is 0 Å². The maximum absolute atomic E-state index is 12.9. The van der Waals surface area contributed by atoms with Crippen LogP contribution >= 0.6 is 23.2 Å². The number of carbonyl (C=O) groups excluding carboxylic acids is 2. The Bertz CT molecular complexity index is 1240. The average Bonchev–Trinajstić information content (AvgIpc) is 2.71. The molecule has 4 rings (SSSR count). The number of rotatable bonds is 4. The molecular weight excluding hydrogens is 441 g/mol. The van der Waals surface area contributed by atoms with E-state index in [0.717, 1.165) is 5.56 Å². The van der Waals surface area contributed by atoms with Gasteiger partial charge in [-0.15, -0.1) is 0 Å². The van der Waals surface area contributed by atoms with Gasteiger partial charge < -0.3 is 16.0 Å². The zero-order valence-corrected chi connectivity index (χ0v) is 17.8. The molecule has 2 heterocycles. The zero-order chi connectivity index (χ0) is 22.1. The van der Waals surface area contributed by atoms with E-state index in [2.05, 4.69) is 25.9 Å². The summed E-state index contributed by atoms with van der Waals surface area (Å²) < 4.78 is 0. The highest BCUT2D eigenvalue weighted by molar-refractivity contribution is 6.35. The second-order valence-corrected chi connectivity index (χ2v) is 7.93. The van der Waals surface area contributed by atoms with E-state index >= 15 is 0 Å². The topological polar surface area (TPSA) is 116 Å². The van der Waals surface area contributed by atoms with Gasteiger partial charge in [-0.3, -0.25) is 19.4 Å². The molecule has 10 heteroatoms. The van der Waals surface area contributed by atoms with Crippen LogP contribution in [0.15, 0.2) is 47.3 Å². The second-order valence-electron chi connectivity index (χ2n) is 7.09. The molecule has 1 aromatic heterocycles. The second kappa shape index (κ2) is 8.41. The van der Waals surface area contributed by atoms with E-state index in [4.69, 9.17) is 23.2 Å². The third kappa shape index (κ3) is 4.55. The average molecular weight is 458 g/mol. The first-order chi connectivity index (χ1) is 14.8. The molecule has 4 N–H and O–H groups in total. The SMILES string of the molecule is Cc1ccc(Nc2nc3c(c(=O)[nH]2)[C@@H](C(=O)Nc2cc(Cl)ccc2Cl)CC(=O)N3)cc1. The van der Waals surface area contributed by atoms with Gasteiger partial charge in [0.25, 0.3) is 5.56 Å². The number of benzene rings is 2. The molecule has 0 saturated heterocycles. The molecule has 0 spiro atoms. The summed E-state index contributed by atoms with van der Waals surface area (Å²) in [7, 11) is 0. The van der Waals surface area contributed by atoms with Crippen LogP contribution in [-0.4, -0.2) is 21.8 Å². The summed E-state index contributed by atoms with van der Waals surface area (Å²) in [5.74, 6) is -1.85. The first-order valence-corrected chi connectivity index (χ1v) is 10.1. The Balaban J connectivity index is 1.65. The molecule has 2 aromatic carbocycles. The predicted octanol–water partition coefficient (Wildman–Crippen LogP) is 4.19. The fraction of sp³-hybridized carbons (Fsp3) is 0.143. The molecule has 0 radical (unpaired) electrons. The van der Waals surface area contributed by atoms with Crippen molar-refractivity contribution in [2.45, 2.75) is 19.3 Å². The van der Waals surface area contributed by atoms with Gasteiger partial charge in [0.2, 0.25) is 17.8 Å². The first kappa shape index (κ1) is 20.9. The number of halogens is 2. The highest BCUT2D eigenvalue weighted by Crippen LogP contribution is 2.32. The Morgan fingerprint density at radius 2 is 1.87 bits per heavy atom. The lowest BCUT2D eigenvalue weighted by atomic mass is 9.92. The molecule has 158 valence electrons. The summed E-state index contributed by atoms with van der Waals surface area (Å²) in [4.78, 5) is 44.9. The minimum atomic E-state index is -1.04. The summed E-state index contributed by atoms with van der Waals surface area (Å²) in [6.45, 7) is 1.96. The minimum Gasteiger partial charge on any atom is -0.326 e. The largest absolute Gasteiger partial charge is 0.326 e. The van der Waals surface area contributed by atoms with E-state index < -0.39 is 23.3 Å². The molecular formula is C21H17Cl2N5O3. The van der Waals surface area contributed by atoms with Crippen LogP contribution in [0.2, 0.25) is 10.0 Å². The van der Waals surface area contributed by atoms with E-state index in [0.29, 0.717) is 10.7 Å². The first-order valence-electron chi connectivity index (χ1n) is 9.34. The Labute approximate surface area is 187 Å². The van der Waals surface area contributed by atoms with Crippen LogP contribution in [0.4, 0.5) is 23.1 Å². The number of aryl methyl sites for hydroxylation is 1. The Hall–Kier alpha value is -3.36. The number of hydrogen-bond acceptors (Lipinski definition) is 5. The van der Waals surface area contributed by atoms with Gasteiger partial charge in [-0.2, -0.15) is 4.98 Å². The van der Waals surface area contributed by atoms with Gasteiger partial charge in [-0.05, 0) is 37.3 Å². The molecule has 1 atom stereocenters. The molecule has 8 nitrogen and oxygen atoms in total. The van der Waals surface area contributed by atoms with Crippen LogP contribution in [-0.2, 0) is 9.59 Å². The maximum Gasteiger partial charge on any atom is 0.258 e. The lowest BCUT2D eigenvalue weighted by molar-refractivity contribution is -0.123. The Kier molecular flexibility index (Phi) is 5.67. The number of nitrogens with zero attached hydrogens (tertiary/aromatic N) is 1. The van der Waals surface area contributed by atoms with Crippen LogP contribution in [0.3, 0.4) is 0 Å². The van der Waals surface area contributed by atoms with Gasteiger partial charge >= 0.3 is 0 Å². The van der Waals surface area contributed by atoms with Gasteiger partial charge in [0.05, 0.1) is 22.2 Å². The van der Waals surface area contributed by atoms with Gasteiger partial charge in [0, 0.05) is 17.1 Å². The fourth-order valence-electron chi connectivity index (χ4n) is 3.24. The number of aromatic amines is 1. The number of anilines is 4. The summed E-state index contributed by atoms with van der Waals surface area (Å²) in [5.41, 5.74) is 1.62. The van der Waals surface area contributed by atoms with Crippen molar-refractivity contribution in [1.82, 2.24) is 9.97 Å². The number of carbonyl (C=O) groups is 2. The van der Waals surface area contributed by atoms with E-state index in [1.54, 1.807) is 12.1 Å². The van der Waals surface area contributed by atoms with Crippen molar-refractivity contribution >= 4 is 58.2 Å². The highest BCUT2D eigenvalue weighted by Gasteiger charge is 2.35. The number of H-pyrrole nitrogens is 1. The Morgan fingerprint density at radius 3 is 2.61 bits per heavy atom. The third-order valence-electron chi connectivity index (χ3n) is 4.77. The number of amides is 2. The third-order valence-corrected chi connectivity index (χ3v) is 5.33. The van der Waals surface area contributed by atoms with Crippen molar-refractivity contribution < 1.29 is 9.59 Å². The summed E-state index contributed by atoms with van der Waals surface area (Å²) in [6, 6.07) is 12.1. The van der Waals surface area contributed by atoms with E-state index in [9.17, 15) is 14.4 Å². The molecule has 0 fully saturated rings. The van der Waals surface area contributed by atoms with Gasteiger partial charge in [-0.1, -0.05) is 40.9 Å². The lowest BCUT2D eigenvalue weighted by Gasteiger charge is -2.24. The van der Waals surface area contributed by atoms with Gasteiger partial charge in [-0.25, -0.2) is 0 Å². The van der Waals surface area contributed by atoms with Gasteiger partial charge in [0.1, 0.15) is 5.82 Å². The molecule has 0 aliphatic carbocycles. The molecule has 1 aliphatic heterocycles. The molecule has 0 bridgehead atoms. The number of hydrogen-bond donors (Lipinski definition) is 4. The number of fused-ring (bicyclic) bond motifs is 1.